The smallest absolute Gasteiger partial charge is 0.231 e. The summed E-state index contributed by atoms with van der Waals surface area (Å²) in [5.74, 6) is 2.33. The molecule has 1 fully saturated rings. The molecule has 31 heavy (non-hydrogen) atoms. The van der Waals surface area contributed by atoms with Gasteiger partial charge in [0, 0.05) is 35.7 Å². The van der Waals surface area contributed by atoms with Gasteiger partial charge in [-0.2, -0.15) is 5.10 Å². The number of likely N-dealkylation sites (tertiary alicyclic amines) is 1. The van der Waals surface area contributed by atoms with Crippen LogP contribution >= 0.6 is 0 Å². The van der Waals surface area contributed by atoms with E-state index in [9.17, 15) is 4.79 Å². The Morgan fingerprint density at radius 3 is 2.87 bits per heavy atom. The SMILES string of the molecule is COc1ccc(-c2[nH]ncc2CN2CCCC(C(=O)c3ccc4c(c3)OCO4)C2)cc1. The first kappa shape index (κ1) is 19.6. The van der Waals surface area contributed by atoms with E-state index in [1.54, 1.807) is 7.11 Å². The number of hydrogen-bond acceptors (Lipinski definition) is 6. The van der Waals surface area contributed by atoms with Crippen molar-refractivity contribution in [3.8, 4) is 28.5 Å². The average molecular weight is 419 g/mol. The lowest BCUT2D eigenvalue weighted by Crippen LogP contribution is -2.38. The van der Waals surface area contributed by atoms with Gasteiger partial charge in [0.05, 0.1) is 19.0 Å². The number of Topliss-reactive ketones (excluding diaryl/α,β-unsaturated/α-hetero) is 1. The Morgan fingerprint density at radius 2 is 2.03 bits per heavy atom. The molecule has 1 atom stereocenters. The number of nitrogens with zero attached hydrogens (tertiary/aromatic N) is 2. The van der Waals surface area contributed by atoms with Crippen LogP contribution in [0.5, 0.6) is 17.2 Å². The van der Waals surface area contributed by atoms with Crippen LogP contribution in [0.3, 0.4) is 0 Å². The number of aromatic amines is 1. The van der Waals surface area contributed by atoms with Crippen LogP contribution in [0.15, 0.2) is 48.7 Å². The molecular weight excluding hydrogens is 394 g/mol. The highest BCUT2D eigenvalue weighted by Crippen LogP contribution is 2.34. The predicted molar refractivity (Wildman–Crippen MR) is 115 cm³/mol. The highest BCUT2D eigenvalue weighted by molar-refractivity contribution is 5.98. The van der Waals surface area contributed by atoms with Crippen LogP contribution in [0.25, 0.3) is 11.3 Å². The van der Waals surface area contributed by atoms with Crippen molar-refractivity contribution in [2.75, 3.05) is 27.0 Å². The number of fused-ring (bicyclic) bond motifs is 1. The number of hydrogen-bond donors (Lipinski definition) is 1. The van der Waals surface area contributed by atoms with Crippen LogP contribution in [-0.4, -0.2) is 47.9 Å². The Bertz CT molecular complexity index is 1080. The molecule has 0 amide bonds. The predicted octanol–water partition coefficient (Wildman–Crippen LogP) is 3.91. The highest BCUT2D eigenvalue weighted by atomic mass is 16.7. The first-order chi connectivity index (χ1) is 15.2. The van der Waals surface area contributed by atoms with Crippen molar-refractivity contribution in [1.29, 1.82) is 0 Å². The fourth-order valence-corrected chi connectivity index (χ4v) is 4.38. The van der Waals surface area contributed by atoms with Gasteiger partial charge in [-0.25, -0.2) is 0 Å². The molecule has 2 aromatic carbocycles. The number of ketones is 1. The summed E-state index contributed by atoms with van der Waals surface area (Å²) in [4.78, 5) is 15.5. The van der Waals surface area contributed by atoms with Gasteiger partial charge in [-0.15, -0.1) is 0 Å². The molecule has 1 unspecified atom stereocenters. The zero-order chi connectivity index (χ0) is 21.2. The van der Waals surface area contributed by atoms with Gasteiger partial charge in [-0.1, -0.05) is 0 Å². The van der Waals surface area contributed by atoms with Crippen molar-refractivity contribution in [1.82, 2.24) is 15.1 Å². The first-order valence-electron chi connectivity index (χ1n) is 10.5. The summed E-state index contributed by atoms with van der Waals surface area (Å²) in [6.45, 7) is 2.67. The van der Waals surface area contributed by atoms with Crippen molar-refractivity contribution in [3.05, 3.63) is 59.8 Å². The number of carbonyl (C=O) groups is 1. The molecule has 0 aliphatic carbocycles. The Labute approximate surface area is 180 Å². The number of carbonyl (C=O) groups excluding carboxylic acids is 1. The largest absolute Gasteiger partial charge is 0.497 e. The third kappa shape index (κ3) is 4.01. The van der Waals surface area contributed by atoms with Crippen LogP contribution in [0.1, 0.15) is 28.8 Å². The molecule has 0 spiro atoms. The molecule has 0 radical (unpaired) electrons. The summed E-state index contributed by atoms with van der Waals surface area (Å²) < 4.78 is 16.0. The number of rotatable bonds is 6. The summed E-state index contributed by atoms with van der Waals surface area (Å²) in [5.41, 5.74) is 3.89. The molecule has 2 aliphatic heterocycles. The van der Waals surface area contributed by atoms with Crippen molar-refractivity contribution in [2.24, 2.45) is 5.92 Å². The fourth-order valence-electron chi connectivity index (χ4n) is 4.38. The van der Waals surface area contributed by atoms with Crippen molar-refractivity contribution in [3.63, 3.8) is 0 Å². The maximum atomic E-state index is 13.1. The maximum Gasteiger partial charge on any atom is 0.231 e. The lowest BCUT2D eigenvalue weighted by Gasteiger charge is -2.32. The van der Waals surface area contributed by atoms with Crippen LogP contribution in [0.2, 0.25) is 0 Å². The Morgan fingerprint density at radius 1 is 1.19 bits per heavy atom. The first-order valence-corrected chi connectivity index (χ1v) is 10.5. The second-order valence-corrected chi connectivity index (χ2v) is 8.01. The molecule has 0 saturated carbocycles. The van der Waals surface area contributed by atoms with Gasteiger partial charge in [0.2, 0.25) is 6.79 Å². The number of nitrogens with one attached hydrogen (secondary N) is 1. The lowest BCUT2D eigenvalue weighted by atomic mass is 9.89. The molecule has 1 saturated heterocycles. The summed E-state index contributed by atoms with van der Waals surface area (Å²) in [6, 6.07) is 13.4. The van der Waals surface area contributed by atoms with E-state index in [-0.39, 0.29) is 18.5 Å². The summed E-state index contributed by atoms with van der Waals surface area (Å²) in [6.07, 6.45) is 3.78. The quantitative estimate of drug-likeness (QED) is 0.611. The second-order valence-electron chi connectivity index (χ2n) is 8.01. The monoisotopic (exact) mass is 419 g/mol. The molecule has 160 valence electrons. The fraction of sp³-hybridized carbons (Fsp3) is 0.333. The van der Waals surface area contributed by atoms with Gasteiger partial charge in [-0.3, -0.25) is 14.8 Å². The molecule has 1 aromatic heterocycles. The molecule has 3 heterocycles. The normalized spacial score (nSPS) is 18.2. The third-order valence-corrected chi connectivity index (χ3v) is 6.02. The minimum atomic E-state index is -0.0227. The highest BCUT2D eigenvalue weighted by Gasteiger charge is 2.28. The average Bonchev–Trinajstić information content (AvgIpc) is 3.48. The molecular formula is C24H25N3O4. The third-order valence-electron chi connectivity index (χ3n) is 6.02. The summed E-state index contributed by atoms with van der Waals surface area (Å²) in [7, 11) is 1.66. The van der Waals surface area contributed by atoms with E-state index in [1.807, 2.05) is 48.7 Å². The van der Waals surface area contributed by atoms with Crippen LogP contribution in [0.4, 0.5) is 0 Å². The minimum absolute atomic E-state index is 0.0227. The zero-order valence-electron chi connectivity index (χ0n) is 17.5. The Kier molecular flexibility index (Phi) is 5.34. The molecule has 7 heteroatoms. The molecule has 0 bridgehead atoms. The zero-order valence-corrected chi connectivity index (χ0v) is 17.5. The van der Waals surface area contributed by atoms with Crippen LogP contribution in [-0.2, 0) is 6.54 Å². The van der Waals surface area contributed by atoms with Gasteiger partial charge in [-0.05, 0) is 61.9 Å². The molecule has 3 aromatic rings. The maximum absolute atomic E-state index is 13.1. The van der Waals surface area contributed by atoms with Gasteiger partial charge < -0.3 is 14.2 Å². The van der Waals surface area contributed by atoms with E-state index < -0.39 is 0 Å². The Balaban J connectivity index is 1.28. The van der Waals surface area contributed by atoms with E-state index in [1.165, 1.54) is 0 Å². The Hall–Kier alpha value is -3.32. The van der Waals surface area contributed by atoms with Crippen molar-refractivity contribution < 1.29 is 19.0 Å². The number of piperidine rings is 1. The number of aromatic nitrogens is 2. The van der Waals surface area contributed by atoms with Gasteiger partial charge >= 0.3 is 0 Å². The van der Waals surface area contributed by atoms with E-state index in [2.05, 4.69) is 15.1 Å². The number of ether oxygens (including phenoxy) is 3. The topological polar surface area (TPSA) is 76.7 Å². The number of H-pyrrole nitrogens is 1. The van der Waals surface area contributed by atoms with Gasteiger partial charge in [0.1, 0.15) is 5.75 Å². The van der Waals surface area contributed by atoms with E-state index >= 15 is 0 Å². The lowest BCUT2D eigenvalue weighted by molar-refractivity contribution is 0.0811. The molecule has 7 nitrogen and oxygen atoms in total. The van der Waals surface area contributed by atoms with Crippen molar-refractivity contribution in [2.45, 2.75) is 19.4 Å². The molecule has 2 aliphatic rings. The molecule has 1 N–H and O–H groups in total. The van der Waals surface area contributed by atoms with Crippen molar-refractivity contribution >= 4 is 5.78 Å². The van der Waals surface area contributed by atoms with E-state index in [0.717, 1.165) is 55.0 Å². The second kappa shape index (κ2) is 8.43. The van der Waals surface area contributed by atoms with Gasteiger partial charge in [0.25, 0.3) is 0 Å². The molecule has 5 rings (SSSR count). The van der Waals surface area contributed by atoms with Crippen LogP contribution in [0, 0.1) is 5.92 Å². The number of methoxy groups -OCH3 is 1. The summed E-state index contributed by atoms with van der Waals surface area (Å²) in [5, 5.41) is 7.39. The van der Waals surface area contributed by atoms with Crippen LogP contribution < -0.4 is 14.2 Å². The standard InChI is InChI=1S/C24H25N3O4/c1-29-20-7-4-16(5-8-20)23-19(12-25-26-23)14-27-10-2-3-18(13-27)24(28)17-6-9-21-22(11-17)31-15-30-21/h4-9,11-12,18H,2-3,10,13-15H2,1H3,(H,25,26). The number of benzene rings is 2. The minimum Gasteiger partial charge on any atom is -0.497 e. The van der Waals surface area contributed by atoms with Gasteiger partial charge in [0.15, 0.2) is 17.3 Å². The summed E-state index contributed by atoms with van der Waals surface area (Å²) >= 11 is 0. The van der Waals surface area contributed by atoms with E-state index in [4.69, 9.17) is 14.2 Å². The van der Waals surface area contributed by atoms with E-state index in [0.29, 0.717) is 17.1 Å².